The Bertz CT molecular complexity index is 329. The zero-order valence-corrected chi connectivity index (χ0v) is 15.6. The second-order valence-electron chi connectivity index (χ2n) is 7.41. The van der Waals surface area contributed by atoms with Gasteiger partial charge in [-0.25, -0.2) is 8.93 Å². The molecule has 19 heavy (non-hydrogen) atoms. The Balaban J connectivity index is 4.53. The molecule has 0 aromatic heterocycles. The first kappa shape index (κ1) is 19.0. The topological polar surface area (TPSA) is 38.3 Å². The molecule has 0 saturated heterocycles. The third kappa shape index (κ3) is 6.34. The Kier molecular flexibility index (Phi) is 6.66. The van der Waals surface area contributed by atoms with E-state index in [1.807, 2.05) is 20.8 Å². The third-order valence-corrected chi connectivity index (χ3v) is 9.66. The molecule has 3 nitrogen and oxygen atoms in total. The highest BCUT2D eigenvalue weighted by Gasteiger charge is 2.37. The van der Waals surface area contributed by atoms with Gasteiger partial charge in [-0.3, -0.25) is 0 Å². The fourth-order valence-electron chi connectivity index (χ4n) is 0.979. The van der Waals surface area contributed by atoms with E-state index in [9.17, 15) is 4.21 Å². The van der Waals surface area contributed by atoms with Gasteiger partial charge in [-0.05, 0) is 38.9 Å². The lowest BCUT2D eigenvalue weighted by molar-refractivity contribution is 0.273. The van der Waals surface area contributed by atoms with Gasteiger partial charge in [0.15, 0.2) is 8.32 Å². The van der Waals surface area contributed by atoms with E-state index in [-0.39, 0.29) is 15.8 Å². The predicted molar refractivity (Wildman–Crippen MR) is 88.2 cm³/mol. The van der Waals surface area contributed by atoms with Crippen LogP contribution < -0.4 is 4.72 Å². The van der Waals surface area contributed by atoms with Gasteiger partial charge < -0.3 is 4.43 Å². The highest BCUT2D eigenvalue weighted by Crippen LogP contribution is 2.36. The van der Waals surface area contributed by atoms with Gasteiger partial charge in [0.2, 0.25) is 0 Å². The summed E-state index contributed by atoms with van der Waals surface area (Å²) in [7, 11) is -2.87. The van der Waals surface area contributed by atoms with Crippen LogP contribution in [0.4, 0.5) is 0 Å². The van der Waals surface area contributed by atoms with Crippen LogP contribution in [0.3, 0.4) is 0 Å². The van der Waals surface area contributed by atoms with Gasteiger partial charge in [-0.2, -0.15) is 0 Å². The Morgan fingerprint density at radius 3 is 2.05 bits per heavy atom. The van der Waals surface area contributed by atoms with Crippen molar-refractivity contribution in [3.05, 3.63) is 12.7 Å². The molecule has 0 bridgehead atoms. The molecule has 0 aliphatic heterocycles. The van der Waals surface area contributed by atoms with E-state index in [0.29, 0.717) is 6.61 Å². The van der Waals surface area contributed by atoms with Crippen molar-refractivity contribution in [2.45, 2.75) is 70.5 Å². The molecule has 0 aromatic carbocycles. The molecule has 114 valence electrons. The fraction of sp³-hybridized carbons (Fsp3) is 0.857. The summed E-state index contributed by atoms with van der Waals surface area (Å²) in [5, 5.41) is 0.182. The lowest BCUT2D eigenvalue weighted by Gasteiger charge is -2.37. The van der Waals surface area contributed by atoms with Crippen LogP contribution in [0.1, 0.15) is 41.5 Å². The second kappa shape index (κ2) is 6.65. The Morgan fingerprint density at radius 1 is 1.26 bits per heavy atom. The number of rotatable bonds is 6. The van der Waals surface area contributed by atoms with Crippen LogP contribution in [0.15, 0.2) is 12.7 Å². The Morgan fingerprint density at radius 2 is 1.74 bits per heavy atom. The minimum atomic E-state index is -1.77. The minimum absolute atomic E-state index is 0.0748. The molecule has 0 heterocycles. The molecular weight excluding hydrogens is 274 g/mol. The Hall–Kier alpha value is 0.0269. The highest BCUT2D eigenvalue weighted by molar-refractivity contribution is 7.84. The van der Waals surface area contributed by atoms with Crippen LogP contribution in [0, 0.1) is 0 Å². The van der Waals surface area contributed by atoms with Crippen molar-refractivity contribution >= 4 is 19.3 Å². The van der Waals surface area contributed by atoms with Gasteiger partial charge in [-0.1, -0.05) is 26.8 Å². The summed E-state index contributed by atoms with van der Waals surface area (Å²) in [4.78, 5) is 0. The van der Waals surface area contributed by atoms with E-state index in [1.165, 1.54) is 0 Å². The van der Waals surface area contributed by atoms with E-state index in [1.54, 1.807) is 6.08 Å². The van der Waals surface area contributed by atoms with Crippen LogP contribution in [0.2, 0.25) is 18.1 Å². The molecule has 0 aromatic rings. The maximum absolute atomic E-state index is 12.1. The molecule has 1 N–H and O–H groups in total. The van der Waals surface area contributed by atoms with E-state index >= 15 is 0 Å². The summed E-state index contributed by atoms with van der Waals surface area (Å²) in [5.41, 5.74) is 0. The van der Waals surface area contributed by atoms with Crippen LogP contribution in [0.5, 0.6) is 0 Å². The van der Waals surface area contributed by atoms with Gasteiger partial charge in [0.05, 0.1) is 28.4 Å². The van der Waals surface area contributed by atoms with Gasteiger partial charge in [-0.15, -0.1) is 6.58 Å². The first-order valence-corrected chi connectivity index (χ1v) is 10.8. The summed E-state index contributed by atoms with van der Waals surface area (Å²) in [6, 6.07) is -0.0748. The van der Waals surface area contributed by atoms with E-state index in [2.05, 4.69) is 45.2 Å². The lowest BCUT2D eigenvalue weighted by Crippen LogP contribution is -2.46. The van der Waals surface area contributed by atoms with Crippen molar-refractivity contribution in [2.24, 2.45) is 0 Å². The van der Waals surface area contributed by atoms with Crippen LogP contribution in [-0.2, 0) is 15.4 Å². The van der Waals surface area contributed by atoms with Crippen molar-refractivity contribution in [2.75, 3.05) is 6.61 Å². The average Bonchev–Trinajstić information content (AvgIpc) is 2.20. The molecule has 0 aliphatic rings. The smallest absolute Gasteiger partial charge is 0.192 e. The number of hydrogen-bond acceptors (Lipinski definition) is 2. The van der Waals surface area contributed by atoms with E-state index < -0.39 is 19.3 Å². The van der Waals surface area contributed by atoms with Crippen molar-refractivity contribution in [1.82, 2.24) is 4.72 Å². The SMILES string of the molecule is C=C[C@H](CO[Si](C)(C)C(C)(C)C)N[S@](=O)C(C)(C)C. The number of nitrogens with one attached hydrogen (secondary N) is 1. The average molecular weight is 306 g/mol. The summed E-state index contributed by atoms with van der Waals surface area (Å²) >= 11 is 0. The molecule has 0 aliphatic carbocycles. The van der Waals surface area contributed by atoms with Gasteiger partial charge in [0.25, 0.3) is 0 Å². The van der Waals surface area contributed by atoms with Crippen molar-refractivity contribution in [3.63, 3.8) is 0 Å². The molecule has 0 amide bonds. The standard InChI is InChI=1S/C14H31NO2SSi/c1-10-12(15-18(16)13(2,3)4)11-17-19(8,9)14(5,6)7/h10,12,15H,1,11H2,2-9H3/t12-,18-/m1/s1. The number of hydrogen-bond donors (Lipinski definition) is 1. The molecule has 0 spiro atoms. The summed E-state index contributed by atoms with van der Waals surface area (Å²) in [6.45, 7) is 21.2. The largest absolute Gasteiger partial charge is 0.415 e. The molecule has 0 radical (unpaired) electrons. The molecular formula is C14H31NO2SSi. The van der Waals surface area contributed by atoms with E-state index in [0.717, 1.165) is 0 Å². The normalized spacial score (nSPS) is 17.1. The molecule has 0 saturated carbocycles. The van der Waals surface area contributed by atoms with Crippen molar-refractivity contribution in [1.29, 1.82) is 0 Å². The first-order chi connectivity index (χ1) is 8.31. The third-order valence-electron chi connectivity index (χ3n) is 3.53. The molecule has 2 atom stereocenters. The first-order valence-electron chi connectivity index (χ1n) is 6.76. The zero-order valence-electron chi connectivity index (χ0n) is 13.8. The second-order valence-corrected chi connectivity index (χ2v) is 14.2. The summed E-state index contributed by atoms with van der Waals surface area (Å²) in [6.07, 6.45) is 1.77. The van der Waals surface area contributed by atoms with Crippen LogP contribution in [-0.4, -0.2) is 29.9 Å². The fourth-order valence-corrected chi connectivity index (χ4v) is 2.80. The minimum Gasteiger partial charge on any atom is -0.415 e. The Labute approximate surface area is 122 Å². The van der Waals surface area contributed by atoms with Crippen molar-refractivity contribution < 1.29 is 8.63 Å². The zero-order chi connectivity index (χ0) is 15.5. The maximum Gasteiger partial charge on any atom is 0.192 e. The quantitative estimate of drug-likeness (QED) is 0.601. The maximum atomic E-state index is 12.1. The van der Waals surface area contributed by atoms with Gasteiger partial charge >= 0.3 is 0 Å². The predicted octanol–water partition coefficient (Wildman–Crippen LogP) is 3.61. The summed E-state index contributed by atoms with van der Waals surface area (Å²) < 4.78 is 21.0. The van der Waals surface area contributed by atoms with Gasteiger partial charge in [0, 0.05) is 0 Å². The summed E-state index contributed by atoms with van der Waals surface area (Å²) in [5.74, 6) is 0. The highest BCUT2D eigenvalue weighted by atomic mass is 32.2. The lowest BCUT2D eigenvalue weighted by atomic mass is 10.2. The molecule has 0 rings (SSSR count). The van der Waals surface area contributed by atoms with Crippen LogP contribution in [0.25, 0.3) is 0 Å². The van der Waals surface area contributed by atoms with Crippen LogP contribution >= 0.6 is 0 Å². The molecule has 5 heteroatoms. The van der Waals surface area contributed by atoms with Crippen molar-refractivity contribution in [3.8, 4) is 0 Å². The van der Waals surface area contributed by atoms with E-state index in [4.69, 9.17) is 4.43 Å². The molecule has 0 fully saturated rings. The monoisotopic (exact) mass is 305 g/mol. The molecule has 0 unspecified atom stereocenters. The van der Waals surface area contributed by atoms with Gasteiger partial charge in [0.1, 0.15) is 0 Å².